The fraction of sp³-hybridized carbons (Fsp3) is 0.562. The zero-order chi connectivity index (χ0) is 16.6. The molecule has 0 aliphatic heterocycles. The Morgan fingerprint density at radius 1 is 1.52 bits per heavy atom. The van der Waals surface area contributed by atoms with Crippen LogP contribution in [0.5, 0.6) is 0 Å². The number of urea groups is 1. The van der Waals surface area contributed by atoms with Gasteiger partial charge in [0.25, 0.3) is 0 Å². The lowest BCUT2D eigenvalue weighted by atomic mass is 10.2. The van der Waals surface area contributed by atoms with E-state index in [4.69, 9.17) is 0 Å². The molecule has 2 aromatic heterocycles. The molecule has 1 aliphatic carbocycles. The second kappa shape index (κ2) is 6.06. The number of aromatic amines is 1. The van der Waals surface area contributed by atoms with Crippen molar-refractivity contribution in [3.8, 4) is 0 Å². The van der Waals surface area contributed by atoms with Gasteiger partial charge in [0.1, 0.15) is 0 Å². The molecule has 7 nitrogen and oxygen atoms in total. The van der Waals surface area contributed by atoms with E-state index < -0.39 is 0 Å². The van der Waals surface area contributed by atoms with Crippen LogP contribution in [-0.4, -0.2) is 26.0 Å². The number of nitrogens with one attached hydrogen (secondary N) is 3. The van der Waals surface area contributed by atoms with Gasteiger partial charge in [0.15, 0.2) is 5.82 Å². The standard InChI is InChI=1S/C16H24N6O/c1-5-10(3)22-11(4)14(8-17-22)18-16(23)19-15-7-13(20-21-15)12-6-9(12)2/h7-10,12H,5-6H2,1-4H3,(H3,18,19,20,21,23). The van der Waals surface area contributed by atoms with E-state index in [0.29, 0.717) is 23.7 Å². The average Bonchev–Trinajstić information content (AvgIpc) is 2.92. The quantitative estimate of drug-likeness (QED) is 0.786. The number of hydrogen-bond donors (Lipinski definition) is 3. The normalized spacial score (nSPS) is 21.0. The molecule has 2 aromatic rings. The van der Waals surface area contributed by atoms with Gasteiger partial charge in [-0.15, -0.1) is 0 Å². The molecule has 3 atom stereocenters. The van der Waals surface area contributed by atoms with Crippen LogP contribution in [0, 0.1) is 12.8 Å². The first-order valence-electron chi connectivity index (χ1n) is 8.17. The van der Waals surface area contributed by atoms with Gasteiger partial charge in [-0.2, -0.15) is 10.2 Å². The highest BCUT2D eigenvalue weighted by molar-refractivity contribution is 5.99. The zero-order valence-corrected chi connectivity index (χ0v) is 14.1. The smallest absolute Gasteiger partial charge is 0.305 e. The molecule has 1 aliphatic rings. The average molecular weight is 316 g/mol. The van der Waals surface area contributed by atoms with Gasteiger partial charge in [0.05, 0.1) is 17.6 Å². The Morgan fingerprint density at radius 2 is 2.26 bits per heavy atom. The number of carbonyl (C=O) groups excluding carboxylic acids is 1. The maximum atomic E-state index is 12.1. The lowest BCUT2D eigenvalue weighted by Gasteiger charge is -2.12. The predicted molar refractivity (Wildman–Crippen MR) is 89.7 cm³/mol. The first-order chi connectivity index (χ1) is 11.0. The van der Waals surface area contributed by atoms with Gasteiger partial charge < -0.3 is 5.32 Å². The Kier molecular flexibility index (Phi) is 4.11. The third-order valence-corrected chi connectivity index (χ3v) is 4.65. The van der Waals surface area contributed by atoms with Crippen molar-refractivity contribution in [2.24, 2.45) is 5.92 Å². The van der Waals surface area contributed by atoms with Crippen molar-refractivity contribution in [3.63, 3.8) is 0 Å². The highest BCUT2D eigenvalue weighted by Gasteiger charge is 2.35. The summed E-state index contributed by atoms with van der Waals surface area (Å²) in [6, 6.07) is 1.91. The predicted octanol–water partition coefficient (Wildman–Crippen LogP) is 3.65. The lowest BCUT2D eigenvalue weighted by Crippen LogP contribution is -2.20. The van der Waals surface area contributed by atoms with Crippen LogP contribution in [0.3, 0.4) is 0 Å². The number of nitrogens with zero attached hydrogens (tertiary/aromatic N) is 3. The van der Waals surface area contributed by atoms with Gasteiger partial charge in [-0.25, -0.2) is 4.79 Å². The molecule has 3 N–H and O–H groups in total. The second-order valence-corrected chi connectivity index (χ2v) is 6.45. The van der Waals surface area contributed by atoms with Crippen LogP contribution in [-0.2, 0) is 0 Å². The number of rotatable bonds is 5. The summed E-state index contributed by atoms with van der Waals surface area (Å²) in [5.41, 5.74) is 2.76. The fourth-order valence-electron chi connectivity index (χ4n) is 2.78. The van der Waals surface area contributed by atoms with E-state index in [1.165, 1.54) is 6.42 Å². The molecule has 0 spiro atoms. The molecule has 1 saturated carbocycles. The highest BCUT2D eigenvalue weighted by atomic mass is 16.2. The summed E-state index contributed by atoms with van der Waals surface area (Å²) in [7, 11) is 0. The summed E-state index contributed by atoms with van der Waals surface area (Å²) in [5.74, 6) is 1.80. The van der Waals surface area contributed by atoms with E-state index in [0.717, 1.165) is 23.5 Å². The molecule has 2 amide bonds. The van der Waals surface area contributed by atoms with Gasteiger partial charge in [-0.3, -0.25) is 15.1 Å². The van der Waals surface area contributed by atoms with Crippen LogP contribution in [0.4, 0.5) is 16.3 Å². The van der Waals surface area contributed by atoms with E-state index in [1.807, 2.05) is 17.7 Å². The summed E-state index contributed by atoms with van der Waals surface area (Å²) in [5, 5.41) is 17.1. The van der Waals surface area contributed by atoms with Gasteiger partial charge in [0.2, 0.25) is 0 Å². The summed E-state index contributed by atoms with van der Waals surface area (Å²) in [6.07, 6.45) is 3.86. The molecule has 23 heavy (non-hydrogen) atoms. The summed E-state index contributed by atoms with van der Waals surface area (Å²) >= 11 is 0. The summed E-state index contributed by atoms with van der Waals surface area (Å²) in [6.45, 7) is 8.38. The first-order valence-corrected chi connectivity index (χ1v) is 8.17. The third-order valence-electron chi connectivity index (χ3n) is 4.65. The maximum absolute atomic E-state index is 12.1. The molecule has 124 valence electrons. The van der Waals surface area contributed by atoms with Crippen molar-refractivity contribution >= 4 is 17.5 Å². The Morgan fingerprint density at radius 3 is 2.91 bits per heavy atom. The van der Waals surface area contributed by atoms with Crippen LogP contribution < -0.4 is 10.6 Å². The topological polar surface area (TPSA) is 87.6 Å². The van der Waals surface area contributed by atoms with Crippen molar-refractivity contribution in [1.29, 1.82) is 0 Å². The number of aromatic nitrogens is 4. The number of H-pyrrole nitrogens is 1. The molecule has 0 aromatic carbocycles. The molecular formula is C16H24N6O. The minimum atomic E-state index is -0.307. The van der Waals surface area contributed by atoms with E-state index in [-0.39, 0.29) is 6.03 Å². The molecule has 0 radical (unpaired) electrons. The molecule has 3 unspecified atom stereocenters. The molecule has 3 rings (SSSR count). The van der Waals surface area contributed by atoms with Crippen molar-refractivity contribution in [2.75, 3.05) is 10.6 Å². The minimum Gasteiger partial charge on any atom is -0.305 e. The Hall–Kier alpha value is -2.31. The number of carbonyl (C=O) groups is 1. The van der Waals surface area contributed by atoms with Gasteiger partial charge in [-0.1, -0.05) is 13.8 Å². The van der Waals surface area contributed by atoms with E-state index in [9.17, 15) is 4.79 Å². The summed E-state index contributed by atoms with van der Waals surface area (Å²) < 4.78 is 1.93. The maximum Gasteiger partial charge on any atom is 0.324 e. The van der Waals surface area contributed by atoms with E-state index >= 15 is 0 Å². The van der Waals surface area contributed by atoms with Crippen LogP contribution in [0.1, 0.15) is 57.0 Å². The molecule has 7 heteroatoms. The highest BCUT2D eigenvalue weighted by Crippen LogP contribution is 2.46. The van der Waals surface area contributed by atoms with Crippen molar-refractivity contribution in [2.45, 2.75) is 52.5 Å². The van der Waals surface area contributed by atoms with Gasteiger partial charge >= 0.3 is 6.03 Å². The first kappa shape index (κ1) is 15.6. The third kappa shape index (κ3) is 3.23. The van der Waals surface area contributed by atoms with E-state index in [2.05, 4.69) is 46.7 Å². The lowest BCUT2D eigenvalue weighted by molar-refractivity contribution is 0.262. The van der Waals surface area contributed by atoms with Gasteiger partial charge in [0, 0.05) is 23.7 Å². The Balaban J connectivity index is 1.61. The molecule has 0 saturated heterocycles. The number of anilines is 2. The van der Waals surface area contributed by atoms with Crippen LogP contribution in [0.2, 0.25) is 0 Å². The fourth-order valence-corrected chi connectivity index (χ4v) is 2.78. The van der Waals surface area contributed by atoms with Crippen molar-refractivity contribution in [3.05, 3.63) is 23.7 Å². The molecule has 0 bridgehead atoms. The largest absolute Gasteiger partial charge is 0.324 e. The minimum absolute atomic E-state index is 0.307. The van der Waals surface area contributed by atoms with E-state index in [1.54, 1.807) is 6.20 Å². The molecule has 2 heterocycles. The summed E-state index contributed by atoms with van der Waals surface area (Å²) in [4.78, 5) is 12.1. The number of amides is 2. The SMILES string of the molecule is CCC(C)n1ncc(NC(=O)Nc2cc(C3CC3C)[nH]n2)c1C. The zero-order valence-electron chi connectivity index (χ0n) is 14.1. The van der Waals surface area contributed by atoms with Crippen LogP contribution >= 0.6 is 0 Å². The van der Waals surface area contributed by atoms with Crippen molar-refractivity contribution < 1.29 is 4.79 Å². The molecule has 1 fully saturated rings. The van der Waals surface area contributed by atoms with Crippen LogP contribution in [0.25, 0.3) is 0 Å². The monoisotopic (exact) mass is 316 g/mol. The van der Waals surface area contributed by atoms with Gasteiger partial charge in [-0.05, 0) is 32.6 Å². The van der Waals surface area contributed by atoms with Crippen molar-refractivity contribution in [1.82, 2.24) is 20.0 Å². The van der Waals surface area contributed by atoms with Crippen LogP contribution in [0.15, 0.2) is 12.3 Å². The molecular weight excluding hydrogens is 292 g/mol. The Bertz CT molecular complexity index is 703. The Labute approximate surface area is 135 Å². The second-order valence-electron chi connectivity index (χ2n) is 6.45. The number of hydrogen-bond acceptors (Lipinski definition) is 3.